The predicted molar refractivity (Wildman–Crippen MR) is 88.4 cm³/mol. The number of nitrogens with zero attached hydrogens (tertiary/aromatic N) is 1. The van der Waals surface area contributed by atoms with E-state index in [4.69, 9.17) is 4.74 Å². The third-order valence-corrected chi connectivity index (χ3v) is 5.01. The number of carbonyl (C=O) groups excluding carboxylic acids is 1. The van der Waals surface area contributed by atoms with Crippen molar-refractivity contribution in [2.45, 2.75) is 56.8 Å². The largest absolute Gasteiger partial charge is 0.488 e. The molecule has 1 saturated carbocycles. The van der Waals surface area contributed by atoms with E-state index in [1.807, 2.05) is 0 Å². The fourth-order valence-electron chi connectivity index (χ4n) is 3.44. The van der Waals surface area contributed by atoms with Crippen LogP contribution >= 0.6 is 0 Å². The van der Waals surface area contributed by atoms with Crippen molar-refractivity contribution in [1.82, 2.24) is 10.2 Å². The van der Waals surface area contributed by atoms with Gasteiger partial charge in [-0.15, -0.1) is 0 Å². The van der Waals surface area contributed by atoms with Crippen molar-refractivity contribution in [3.63, 3.8) is 0 Å². The Bertz CT molecular complexity index is 608. The highest BCUT2D eigenvalue weighted by Gasteiger charge is 2.34. The molecule has 7 heteroatoms. The second kappa shape index (κ2) is 7.15. The standard InChI is InChI=1S/C18H24F2N2O3/c1-18(24)5-7-22(8-6-18)17(23)21-15-3-2-4-16(15)25-14-10-12(19)9-13(20)11-14/h9-11,15-16,24H,2-8H2,1H3,(H,21,23)/t15-,16+/m0/s1. The molecule has 0 radical (unpaired) electrons. The maximum Gasteiger partial charge on any atom is 0.317 e. The zero-order valence-corrected chi connectivity index (χ0v) is 14.3. The molecule has 1 aliphatic heterocycles. The molecule has 0 spiro atoms. The Labute approximate surface area is 146 Å². The molecule has 1 aromatic rings. The first-order valence-electron chi connectivity index (χ1n) is 8.73. The lowest BCUT2D eigenvalue weighted by molar-refractivity contribution is 0.00378. The Morgan fingerprint density at radius 2 is 1.88 bits per heavy atom. The number of ether oxygens (including phenoxy) is 1. The fourth-order valence-corrected chi connectivity index (χ4v) is 3.44. The highest BCUT2D eigenvalue weighted by atomic mass is 19.1. The summed E-state index contributed by atoms with van der Waals surface area (Å²) < 4.78 is 32.3. The van der Waals surface area contributed by atoms with E-state index < -0.39 is 17.2 Å². The second-order valence-electron chi connectivity index (χ2n) is 7.23. The number of amides is 2. The Kier molecular flexibility index (Phi) is 5.13. The molecule has 0 aromatic heterocycles. The lowest BCUT2D eigenvalue weighted by Crippen LogP contribution is -2.52. The number of hydrogen-bond donors (Lipinski definition) is 2. The van der Waals surface area contributed by atoms with Gasteiger partial charge >= 0.3 is 6.03 Å². The smallest absolute Gasteiger partial charge is 0.317 e. The third kappa shape index (κ3) is 4.60. The van der Waals surface area contributed by atoms with Crippen LogP contribution in [0.5, 0.6) is 5.75 Å². The van der Waals surface area contributed by atoms with E-state index in [9.17, 15) is 18.7 Å². The SMILES string of the molecule is CC1(O)CCN(C(=O)N[C@H]2CCC[C@H]2Oc2cc(F)cc(F)c2)CC1. The first-order valence-corrected chi connectivity index (χ1v) is 8.73. The van der Waals surface area contributed by atoms with E-state index in [-0.39, 0.29) is 23.9 Å². The minimum Gasteiger partial charge on any atom is -0.488 e. The van der Waals surface area contributed by atoms with Gasteiger partial charge in [0.1, 0.15) is 23.5 Å². The Hall–Kier alpha value is -1.89. The van der Waals surface area contributed by atoms with Crippen molar-refractivity contribution >= 4 is 6.03 Å². The van der Waals surface area contributed by atoms with Gasteiger partial charge in [-0.25, -0.2) is 13.6 Å². The molecule has 138 valence electrons. The lowest BCUT2D eigenvalue weighted by Gasteiger charge is -2.36. The zero-order valence-electron chi connectivity index (χ0n) is 14.3. The van der Waals surface area contributed by atoms with Gasteiger partial charge in [0.15, 0.2) is 0 Å². The van der Waals surface area contributed by atoms with Crippen LogP contribution in [0, 0.1) is 11.6 Å². The lowest BCUT2D eigenvalue weighted by atomic mass is 9.94. The van der Waals surface area contributed by atoms with Crippen molar-refractivity contribution in [2.24, 2.45) is 0 Å². The van der Waals surface area contributed by atoms with Crippen LogP contribution in [-0.4, -0.2) is 46.9 Å². The van der Waals surface area contributed by atoms with Gasteiger partial charge in [0.25, 0.3) is 0 Å². The van der Waals surface area contributed by atoms with Gasteiger partial charge in [0.2, 0.25) is 0 Å². The molecule has 2 atom stereocenters. The number of halogens is 2. The summed E-state index contributed by atoms with van der Waals surface area (Å²) in [6.07, 6.45) is 3.15. The molecule has 1 aromatic carbocycles. The molecule has 1 saturated heterocycles. The van der Waals surface area contributed by atoms with Gasteiger partial charge in [-0.05, 0) is 39.0 Å². The van der Waals surface area contributed by atoms with Gasteiger partial charge in [-0.3, -0.25) is 0 Å². The average Bonchev–Trinajstić information content (AvgIpc) is 2.93. The Morgan fingerprint density at radius 3 is 2.52 bits per heavy atom. The molecule has 3 rings (SSSR count). The van der Waals surface area contributed by atoms with Crippen molar-refractivity contribution in [2.75, 3.05) is 13.1 Å². The number of carbonyl (C=O) groups is 1. The third-order valence-electron chi connectivity index (χ3n) is 5.01. The molecule has 1 aliphatic carbocycles. The Morgan fingerprint density at radius 1 is 1.24 bits per heavy atom. The summed E-state index contributed by atoms with van der Waals surface area (Å²) in [7, 11) is 0. The fraction of sp³-hybridized carbons (Fsp3) is 0.611. The molecule has 2 fully saturated rings. The maximum absolute atomic E-state index is 13.3. The zero-order chi connectivity index (χ0) is 18.0. The minimum absolute atomic E-state index is 0.137. The topological polar surface area (TPSA) is 61.8 Å². The van der Waals surface area contributed by atoms with Crippen LogP contribution in [-0.2, 0) is 0 Å². The number of rotatable bonds is 3. The van der Waals surface area contributed by atoms with Gasteiger partial charge in [0, 0.05) is 31.3 Å². The minimum atomic E-state index is -0.711. The maximum atomic E-state index is 13.3. The molecule has 2 amide bonds. The van der Waals surface area contributed by atoms with Crippen molar-refractivity contribution in [1.29, 1.82) is 0 Å². The van der Waals surface area contributed by atoms with E-state index in [0.29, 0.717) is 25.9 Å². The van der Waals surface area contributed by atoms with Gasteiger partial charge < -0.3 is 20.1 Å². The summed E-state index contributed by atoms with van der Waals surface area (Å²) in [6, 6.07) is 2.72. The number of aliphatic hydroxyl groups is 1. The van der Waals surface area contributed by atoms with E-state index >= 15 is 0 Å². The molecular weight excluding hydrogens is 330 g/mol. The number of urea groups is 1. The number of piperidine rings is 1. The number of nitrogens with one attached hydrogen (secondary N) is 1. The molecule has 0 bridgehead atoms. The summed E-state index contributed by atoms with van der Waals surface area (Å²) in [5, 5.41) is 12.9. The summed E-state index contributed by atoms with van der Waals surface area (Å²) in [4.78, 5) is 14.1. The van der Waals surface area contributed by atoms with Crippen molar-refractivity contribution in [3.8, 4) is 5.75 Å². The highest BCUT2D eigenvalue weighted by Crippen LogP contribution is 2.27. The molecule has 5 nitrogen and oxygen atoms in total. The van der Waals surface area contributed by atoms with Gasteiger partial charge in [-0.2, -0.15) is 0 Å². The van der Waals surface area contributed by atoms with Crippen molar-refractivity contribution < 1.29 is 23.4 Å². The molecule has 0 unspecified atom stereocenters. The summed E-state index contributed by atoms with van der Waals surface area (Å²) in [6.45, 7) is 2.79. The molecular formula is C18H24F2N2O3. The number of benzene rings is 1. The van der Waals surface area contributed by atoms with E-state index in [1.54, 1.807) is 11.8 Å². The van der Waals surface area contributed by atoms with E-state index in [1.165, 1.54) is 0 Å². The summed E-state index contributed by atoms with van der Waals surface area (Å²) in [5.74, 6) is -1.24. The van der Waals surface area contributed by atoms with Crippen molar-refractivity contribution in [3.05, 3.63) is 29.8 Å². The highest BCUT2D eigenvalue weighted by molar-refractivity contribution is 5.74. The molecule has 1 heterocycles. The summed E-state index contributed by atoms with van der Waals surface area (Å²) >= 11 is 0. The van der Waals surface area contributed by atoms with E-state index in [0.717, 1.165) is 37.5 Å². The Balaban J connectivity index is 1.57. The molecule has 2 aliphatic rings. The van der Waals surface area contributed by atoms with Crippen LogP contribution < -0.4 is 10.1 Å². The van der Waals surface area contributed by atoms with Crippen LogP contribution in [0.2, 0.25) is 0 Å². The van der Waals surface area contributed by atoms with Crippen LogP contribution in [0.15, 0.2) is 18.2 Å². The van der Waals surface area contributed by atoms with E-state index in [2.05, 4.69) is 5.32 Å². The second-order valence-corrected chi connectivity index (χ2v) is 7.23. The summed E-state index contributed by atoms with van der Waals surface area (Å²) in [5.41, 5.74) is -0.711. The number of likely N-dealkylation sites (tertiary alicyclic amines) is 1. The first-order chi connectivity index (χ1) is 11.8. The van der Waals surface area contributed by atoms with Gasteiger partial charge in [0.05, 0.1) is 11.6 Å². The van der Waals surface area contributed by atoms with Crippen LogP contribution in [0.4, 0.5) is 13.6 Å². The van der Waals surface area contributed by atoms with Crippen LogP contribution in [0.1, 0.15) is 39.0 Å². The van der Waals surface area contributed by atoms with Gasteiger partial charge in [-0.1, -0.05) is 0 Å². The normalized spacial score (nSPS) is 25.7. The first kappa shape index (κ1) is 17.9. The molecule has 25 heavy (non-hydrogen) atoms. The number of hydrogen-bond acceptors (Lipinski definition) is 3. The van der Waals surface area contributed by atoms with Crippen LogP contribution in [0.3, 0.4) is 0 Å². The molecule has 2 N–H and O–H groups in total. The van der Waals surface area contributed by atoms with Crippen LogP contribution in [0.25, 0.3) is 0 Å². The quantitative estimate of drug-likeness (QED) is 0.877. The predicted octanol–water partition coefficient (Wildman–Crippen LogP) is 2.82. The average molecular weight is 354 g/mol. The monoisotopic (exact) mass is 354 g/mol.